The largest absolute Gasteiger partial charge is 0.486 e. The Morgan fingerprint density at radius 2 is 1.56 bits per heavy atom. The van der Waals surface area contributed by atoms with Gasteiger partial charge in [-0.2, -0.15) is 0 Å². The van der Waals surface area contributed by atoms with Crippen LogP contribution in [-0.4, -0.2) is 15.0 Å². The number of aryl methyl sites for hydroxylation is 1. The fourth-order valence-corrected chi connectivity index (χ4v) is 5.79. The molecule has 4 aromatic heterocycles. The van der Waals surface area contributed by atoms with Gasteiger partial charge in [0.15, 0.2) is 0 Å². The van der Waals surface area contributed by atoms with Crippen LogP contribution in [0.1, 0.15) is 92.1 Å². The van der Waals surface area contributed by atoms with Crippen LogP contribution in [0.4, 0.5) is 0 Å². The van der Waals surface area contributed by atoms with Crippen molar-refractivity contribution in [3.05, 3.63) is 138 Å². The van der Waals surface area contributed by atoms with E-state index in [0.717, 1.165) is 38.7 Å². The Hall–Kier alpha value is -4.44. The molecule has 0 fully saturated rings. The molecule has 0 atom stereocenters. The molecule has 5 heteroatoms. The van der Waals surface area contributed by atoms with Gasteiger partial charge in [0.1, 0.15) is 0 Å². The van der Waals surface area contributed by atoms with Crippen molar-refractivity contribution in [2.75, 3.05) is 0 Å². The number of fused-ring (bicyclic) bond motifs is 3. The third-order valence-corrected chi connectivity index (χ3v) is 8.02. The molecular weight excluding hydrogens is 791 g/mol. The number of furan rings is 1. The van der Waals surface area contributed by atoms with E-state index in [0.29, 0.717) is 28.2 Å². The standard InChI is InChI=1S/C34H37N2O.C11H8N.Ir/c1-20(2)24-11-9-12-25(21(3)4)31(24)29-16-15-27-26-13-10-14-28(32(26)37-33(27)36-29)30-17-23(18-34(6,7)8)22(5)19-35-30;1-2-6-10(7-3-1)11-8-4-5-9-12-11;/h9-13,15-17,19-21H,18H2,1-8H3;1-6,8-9H;/q2*-1;/i5D3,18D2,20D,21D;;. The number of aromatic nitrogens is 3. The number of rotatable bonds is 6. The second kappa shape index (κ2) is 15.6. The molecule has 257 valence electrons. The van der Waals surface area contributed by atoms with Gasteiger partial charge < -0.3 is 14.4 Å². The average molecular weight is 843 g/mol. The summed E-state index contributed by atoms with van der Waals surface area (Å²) >= 11 is 0. The van der Waals surface area contributed by atoms with Crippen molar-refractivity contribution < 1.29 is 34.1 Å². The van der Waals surface area contributed by atoms with Crippen molar-refractivity contribution in [1.82, 2.24) is 15.0 Å². The van der Waals surface area contributed by atoms with E-state index >= 15 is 0 Å². The fourth-order valence-electron chi connectivity index (χ4n) is 5.79. The van der Waals surface area contributed by atoms with E-state index in [2.05, 4.69) is 22.1 Å². The average Bonchev–Trinajstić information content (AvgIpc) is 3.52. The molecule has 0 aliphatic carbocycles. The van der Waals surface area contributed by atoms with E-state index in [-0.39, 0.29) is 31.2 Å². The molecule has 0 bridgehead atoms. The topological polar surface area (TPSA) is 51.8 Å². The summed E-state index contributed by atoms with van der Waals surface area (Å²) in [6.45, 7) is 9.91. The van der Waals surface area contributed by atoms with Gasteiger partial charge >= 0.3 is 0 Å². The number of nitrogens with zero attached hydrogens (tertiary/aromatic N) is 3. The number of pyridine rings is 3. The fraction of sp³-hybridized carbons (Fsp3) is 0.267. The zero-order valence-electron chi connectivity index (χ0n) is 36.4. The van der Waals surface area contributed by atoms with Crippen LogP contribution in [0.5, 0.6) is 0 Å². The van der Waals surface area contributed by atoms with Crippen LogP contribution in [0.25, 0.3) is 55.8 Å². The molecule has 0 N–H and O–H groups in total. The minimum absolute atomic E-state index is 0. The summed E-state index contributed by atoms with van der Waals surface area (Å²) in [5.74, 6) is -1.88. The van der Waals surface area contributed by atoms with Gasteiger partial charge in [0, 0.05) is 53.0 Å². The molecule has 4 heterocycles. The smallest absolute Gasteiger partial charge is 0.216 e. The van der Waals surface area contributed by atoms with Crippen molar-refractivity contribution in [1.29, 1.82) is 0 Å². The van der Waals surface area contributed by atoms with Gasteiger partial charge in [-0.3, -0.25) is 0 Å². The van der Waals surface area contributed by atoms with Gasteiger partial charge in [0.05, 0.1) is 11.3 Å². The van der Waals surface area contributed by atoms with Crippen molar-refractivity contribution >= 4 is 22.1 Å². The summed E-state index contributed by atoms with van der Waals surface area (Å²) in [6, 6.07) is 34.6. The molecule has 1 radical (unpaired) electrons. The van der Waals surface area contributed by atoms with Gasteiger partial charge in [-0.05, 0) is 76.7 Å². The third-order valence-electron chi connectivity index (χ3n) is 8.02. The second-order valence-corrected chi connectivity index (χ2v) is 13.5. The summed E-state index contributed by atoms with van der Waals surface area (Å²) < 4.78 is 65.9. The molecule has 7 rings (SSSR count). The van der Waals surface area contributed by atoms with Crippen molar-refractivity contribution in [2.45, 2.75) is 73.5 Å². The summed E-state index contributed by atoms with van der Waals surface area (Å²) in [7, 11) is 0. The van der Waals surface area contributed by atoms with E-state index in [1.54, 1.807) is 33.0 Å². The van der Waals surface area contributed by atoms with Crippen molar-refractivity contribution in [2.24, 2.45) is 5.41 Å². The Labute approximate surface area is 320 Å². The Bertz CT molecular complexity index is 2430. The summed E-state index contributed by atoms with van der Waals surface area (Å²) in [5, 5.41) is 1.50. The molecule has 7 aromatic rings. The van der Waals surface area contributed by atoms with Crippen molar-refractivity contribution in [3.63, 3.8) is 0 Å². The molecule has 0 aliphatic heterocycles. The predicted octanol–water partition coefficient (Wildman–Crippen LogP) is 12.2. The van der Waals surface area contributed by atoms with Crippen LogP contribution in [0.15, 0.2) is 108 Å². The number of benzene rings is 3. The van der Waals surface area contributed by atoms with E-state index < -0.39 is 30.4 Å². The second-order valence-electron chi connectivity index (χ2n) is 13.5. The maximum atomic E-state index is 8.90. The monoisotopic (exact) mass is 843 g/mol. The van der Waals surface area contributed by atoms with E-state index in [4.69, 9.17) is 19.0 Å². The first kappa shape index (κ1) is 28.3. The zero-order chi connectivity index (χ0) is 40.8. The molecule has 0 aliphatic rings. The first-order chi connectivity index (χ1) is 26.1. The third kappa shape index (κ3) is 8.12. The minimum atomic E-state index is -2.55. The van der Waals surface area contributed by atoms with Crippen LogP contribution in [0.3, 0.4) is 0 Å². The Balaban J connectivity index is 0.000000405. The van der Waals surface area contributed by atoms with Gasteiger partial charge in [-0.15, -0.1) is 54.1 Å². The van der Waals surface area contributed by atoms with Gasteiger partial charge in [-0.1, -0.05) is 101 Å². The van der Waals surface area contributed by atoms with Crippen LogP contribution in [0, 0.1) is 24.4 Å². The predicted molar refractivity (Wildman–Crippen MR) is 204 cm³/mol. The maximum absolute atomic E-state index is 8.90. The van der Waals surface area contributed by atoms with Gasteiger partial charge in [0.25, 0.3) is 0 Å². The van der Waals surface area contributed by atoms with Gasteiger partial charge in [-0.25, -0.2) is 4.98 Å². The Morgan fingerprint density at radius 1 is 0.800 bits per heavy atom. The molecule has 0 spiro atoms. The maximum Gasteiger partial charge on any atom is 0.216 e. The first-order valence-electron chi connectivity index (χ1n) is 19.9. The van der Waals surface area contributed by atoms with E-state index in [1.807, 2.05) is 107 Å². The van der Waals surface area contributed by atoms with Crippen LogP contribution >= 0.6 is 0 Å². The molecule has 0 amide bonds. The SMILES string of the molecule is [2H]C([2H])([2H])c1cnc(-c2[c-]ccc3c2oc2nc(-c4c(C([2H])(C)C)cccc4C([2H])(C)C)ccc23)cc1C([2H])([2H])C(C)(C)C.[Ir].[c-]1ccccc1-c1ccccn1. The van der Waals surface area contributed by atoms with Crippen LogP contribution in [-0.2, 0) is 26.5 Å². The molecule has 0 unspecified atom stereocenters. The van der Waals surface area contributed by atoms with E-state index in [9.17, 15) is 0 Å². The first-order valence-corrected chi connectivity index (χ1v) is 16.4. The van der Waals surface area contributed by atoms with Gasteiger partial charge in [0.2, 0.25) is 5.71 Å². The molecule has 3 aromatic carbocycles. The molecular formula is C45H45IrN3O-2. The number of hydrogen-bond acceptors (Lipinski definition) is 4. The molecule has 0 saturated heterocycles. The van der Waals surface area contributed by atoms with Crippen LogP contribution < -0.4 is 0 Å². The number of hydrogen-bond donors (Lipinski definition) is 0. The Morgan fingerprint density at radius 3 is 2.20 bits per heavy atom. The molecule has 0 saturated carbocycles. The molecule has 4 nitrogen and oxygen atoms in total. The summed E-state index contributed by atoms with van der Waals surface area (Å²) in [6.07, 6.45) is 1.04. The summed E-state index contributed by atoms with van der Waals surface area (Å²) in [4.78, 5) is 13.6. The Kier molecular flexibility index (Phi) is 8.84. The molecule has 50 heavy (non-hydrogen) atoms. The van der Waals surface area contributed by atoms with E-state index in [1.165, 1.54) is 12.3 Å². The van der Waals surface area contributed by atoms with Crippen molar-refractivity contribution in [3.8, 4) is 33.8 Å². The minimum Gasteiger partial charge on any atom is -0.486 e. The quantitative estimate of drug-likeness (QED) is 0.157. The summed E-state index contributed by atoms with van der Waals surface area (Å²) in [5.41, 5.74) is 5.48. The van der Waals surface area contributed by atoms with Crippen LogP contribution in [0.2, 0.25) is 0 Å². The normalized spacial score (nSPS) is 14.5. The zero-order valence-corrected chi connectivity index (χ0v) is 31.8.